The van der Waals surface area contributed by atoms with Crippen LogP contribution in [-0.4, -0.2) is 47.9 Å². The number of hydrogen-bond donors (Lipinski definition) is 2. The lowest BCUT2D eigenvalue weighted by Gasteiger charge is -2.17. The molecule has 0 spiro atoms. The molecule has 1 aromatic carbocycles. The Morgan fingerprint density at radius 1 is 1.23 bits per heavy atom. The van der Waals surface area contributed by atoms with E-state index in [-0.39, 0.29) is 5.91 Å². The molecule has 4 aromatic rings. The van der Waals surface area contributed by atoms with Gasteiger partial charge in [-0.15, -0.1) is 5.10 Å². The molecule has 0 radical (unpaired) electrons. The van der Waals surface area contributed by atoms with Crippen LogP contribution in [0.3, 0.4) is 0 Å². The number of aromatic nitrogens is 6. The van der Waals surface area contributed by atoms with Gasteiger partial charge in [0.1, 0.15) is 6.04 Å². The van der Waals surface area contributed by atoms with Crippen LogP contribution in [0.5, 0.6) is 0 Å². The molecule has 0 aliphatic carbocycles. The van der Waals surface area contributed by atoms with Crippen molar-refractivity contribution in [2.24, 2.45) is 7.05 Å². The second-order valence-electron chi connectivity index (χ2n) is 7.53. The molecular weight excluding hydrogens is 404 g/mol. The van der Waals surface area contributed by atoms with Crippen molar-refractivity contribution in [3.05, 3.63) is 35.1 Å². The molecule has 1 saturated heterocycles. The Morgan fingerprint density at radius 3 is 2.90 bits per heavy atom. The molecule has 5 rings (SSSR count). The minimum atomic E-state index is -0.393. The van der Waals surface area contributed by atoms with Gasteiger partial charge >= 0.3 is 0 Å². The van der Waals surface area contributed by atoms with E-state index in [0.717, 1.165) is 35.9 Å². The normalized spacial score (nSPS) is 17.3. The van der Waals surface area contributed by atoms with Gasteiger partial charge in [-0.05, 0) is 38.3 Å². The van der Waals surface area contributed by atoms with Gasteiger partial charge in [0.15, 0.2) is 11.5 Å². The van der Waals surface area contributed by atoms with Crippen molar-refractivity contribution >= 4 is 40.0 Å². The zero-order valence-electron chi connectivity index (χ0n) is 16.7. The van der Waals surface area contributed by atoms with E-state index in [4.69, 9.17) is 26.7 Å². The van der Waals surface area contributed by atoms with Gasteiger partial charge in [0, 0.05) is 25.2 Å². The van der Waals surface area contributed by atoms with Gasteiger partial charge in [0.25, 0.3) is 0 Å². The molecule has 9 nitrogen and oxygen atoms in total. The smallest absolute Gasteiger partial charge is 0.242 e. The van der Waals surface area contributed by atoms with E-state index in [9.17, 15) is 4.79 Å². The van der Waals surface area contributed by atoms with Crippen molar-refractivity contribution in [2.45, 2.75) is 32.2 Å². The van der Waals surface area contributed by atoms with Gasteiger partial charge in [-0.25, -0.2) is 9.97 Å². The number of anilines is 1. The molecule has 4 heterocycles. The first-order valence-corrected chi connectivity index (χ1v) is 10.3. The van der Waals surface area contributed by atoms with Crippen molar-refractivity contribution in [1.29, 1.82) is 0 Å². The number of fused-ring (bicyclic) bond motifs is 3. The maximum atomic E-state index is 12.5. The highest BCUT2D eigenvalue weighted by Gasteiger charge is 2.24. The fourth-order valence-corrected chi connectivity index (χ4v) is 4.07. The van der Waals surface area contributed by atoms with Crippen LogP contribution in [0.15, 0.2) is 24.4 Å². The maximum Gasteiger partial charge on any atom is 0.242 e. The standard InChI is InChI=1S/C20H21ClN8O/c1-11-13(10-28(2)26-11)17-25-18-12-6-5-7-14(21)16(12)24-20(29(18)27-17)23-15-8-3-4-9-22-19(15)30/h5-7,10,15H,3-4,8-9H2,1-2H3,(H,22,30)(H,23,24)/t15-/m1/s1. The Balaban J connectivity index is 1.70. The van der Waals surface area contributed by atoms with Crippen LogP contribution < -0.4 is 10.6 Å². The lowest BCUT2D eigenvalue weighted by molar-refractivity contribution is -0.121. The predicted molar refractivity (Wildman–Crippen MR) is 115 cm³/mol. The van der Waals surface area contributed by atoms with Crippen LogP contribution in [0, 0.1) is 6.92 Å². The number of para-hydroxylation sites is 1. The van der Waals surface area contributed by atoms with Crippen LogP contribution in [0.2, 0.25) is 5.02 Å². The van der Waals surface area contributed by atoms with Crippen molar-refractivity contribution in [3.8, 4) is 11.4 Å². The third-order valence-corrected chi connectivity index (χ3v) is 5.65. The molecule has 1 aliphatic rings. The summed E-state index contributed by atoms with van der Waals surface area (Å²) in [5.74, 6) is 0.946. The van der Waals surface area contributed by atoms with Gasteiger partial charge in [0.2, 0.25) is 11.9 Å². The van der Waals surface area contributed by atoms with E-state index in [2.05, 4.69) is 15.7 Å². The first-order chi connectivity index (χ1) is 14.5. The number of nitrogens with zero attached hydrogens (tertiary/aromatic N) is 6. The third kappa shape index (κ3) is 3.15. The number of nitrogens with one attached hydrogen (secondary N) is 2. The van der Waals surface area contributed by atoms with Crippen molar-refractivity contribution in [3.63, 3.8) is 0 Å². The summed E-state index contributed by atoms with van der Waals surface area (Å²) < 4.78 is 3.39. The van der Waals surface area contributed by atoms with Crippen LogP contribution in [0.4, 0.5) is 5.95 Å². The molecule has 10 heteroatoms. The number of carbonyl (C=O) groups excluding carboxylic acids is 1. The molecule has 1 fully saturated rings. The summed E-state index contributed by atoms with van der Waals surface area (Å²) in [6.45, 7) is 2.61. The SMILES string of the molecule is Cc1nn(C)cc1-c1nc2c3cccc(Cl)c3nc(N[C@@H]3CCCCNC3=O)n2n1. The monoisotopic (exact) mass is 424 g/mol. The van der Waals surface area contributed by atoms with Gasteiger partial charge < -0.3 is 10.6 Å². The Kier molecular flexibility index (Phi) is 4.54. The number of carbonyl (C=O) groups is 1. The molecule has 30 heavy (non-hydrogen) atoms. The molecule has 2 N–H and O–H groups in total. The number of benzene rings is 1. The molecule has 154 valence electrons. The lowest BCUT2D eigenvalue weighted by atomic mass is 10.1. The summed E-state index contributed by atoms with van der Waals surface area (Å²) in [6, 6.07) is 5.18. The summed E-state index contributed by atoms with van der Waals surface area (Å²) in [5, 5.41) is 16.6. The zero-order valence-corrected chi connectivity index (χ0v) is 17.4. The first-order valence-electron chi connectivity index (χ1n) is 9.91. The van der Waals surface area contributed by atoms with Crippen LogP contribution >= 0.6 is 11.6 Å². The van der Waals surface area contributed by atoms with Crippen LogP contribution in [0.25, 0.3) is 27.9 Å². The molecule has 0 saturated carbocycles. The largest absolute Gasteiger partial charge is 0.354 e. The topological polar surface area (TPSA) is 102 Å². The van der Waals surface area contributed by atoms with E-state index in [1.807, 2.05) is 32.3 Å². The third-order valence-electron chi connectivity index (χ3n) is 5.35. The highest BCUT2D eigenvalue weighted by molar-refractivity contribution is 6.35. The number of aryl methyl sites for hydroxylation is 2. The Hall–Kier alpha value is -3.20. The Morgan fingerprint density at radius 2 is 2.10 bits per heavy atom. The average molecular weight is 425 g/mol. The van der Waals surface area contributed by atoms with E-state index < -0.39 is 6.04 Å². The first kappa shape index (κ1) is 18.8. The van der Waals surface area contributed by atoms with E-state index >= 15 is 0 Å². The minimum absolute atomic E-state index is 0.0369. The fourth-order valence-electron chi connectivity index (χ4n) is 3.86. The Labute approximate surface area is 177 Å². The van der Waals surface area contributed by atoms with Gasteiger partial charge in [0.05, 0.1) is 21.8 Å². The van der Waals surface area contributed by atoms with E-state index in [1.165, 1.54) is 0 Å². The molecule has 0 unspecified atom stereocenters. The second kappa shape index (κ2) is 7.24. The Bertz CT molecular complexity index is 1280. The second-order valence-corrected chi connectivity index (χ2v) is 7.94. The van der Waals surface area contributed by atoms with Crippen molar-refractivity contribution in [2.75, 3.05) is 11.9 Å². The van der Waals surface area contributed by atoms with Crippen molar-refractivity contribution in [1.82, 2.24) is 34.7 Å². The van der Waals surface area contributed by atoms with Gasteiger partial charge in [-0.3, -0.25) is 9.48 Å². The summed E-state index contributed by atoms with van der Waals surface area (Å²) >= 11 is 6.44. The van der Waals surface area contributed by atoms with E-state index in [0.29, 0.717) is 34.5 Å². The molecule has 1 aliphatic heterocycles. The molecule has 1 amide bonds. The minimum Gasteiger partial charge on any atom is -0.354 e. The van der Waals surface area contributed by atoms with Gasteiger partial charge in [-0.1, -0.05) is 17.7 Å². The van der Waals surface area contributed by atoms with E-state index in [1.54, 1.807) is 15.3 Å². The number of halogens is 1. The molecule has 1 atom stereocenters. The summed E-state index contributed by atoms with van der Waals surface area (Å²) in [7, 11) is 1.86. The maximum absolute atomic E-state index is 12.5. The quantitative estimate of drug-likeness (QED) is 0.524. The highest BCUT2D eigenvalue weighted by Crippen LogP contribution is 2.29. The summed E-state index contributed by atoms with van der Waals surface area (Å²) in [6.07, 6.45) is 4.52. The lowest BCUT2D eigenvalue weighted by Crippen LogP contribution is -2.38. The summed E-state index contributed by atoms with van der Waals surface area (Å²) in [4.78, 5) is 22.0. The molecular formula is C20H21ClN8O. The predicted octanol–water partition coefficient (Wildman–Crippen LogP) is 2.72. The number of rotatable bonds is 3. The zero-order chi connectivity index (χ0) is 20.8. The highest BCUT2D eigenvalue weighted by atomic mass is 35.5. The fraction of sp³-hybridized carbons (Fsp3) is 0.350. The van der Waals surface area contributed by atoms with Crippen LogP contribution in [0.1, 0.15) is 25.0 Å². The average Bonchev–Trinajstić information content (AvgIpc) is 3.24. The van der Waals surface area contributed by atoms with Crippen molar-refractivity contribution < 1.29 is 4.79 Å². The van der Waals surface area contributed by atoms with Gasteiger partial charge in [-0.2, -0.15) is 9.61 Å². The molecule has 3 aromatic heterocycles. The number of hydrogen-bond acceptors (Lipinski definition) is 6. The number of amides is 1. The molecule has 0 bridgehead atoms. The summed E-state index contributed by atoms with van der Waals surface area (Å²) in [5.41, 5.74) is 2.92. The van der Waals surface area contributed by atoms with Crippen LogP contribution in [-0.2, 0) is 11.8 Å².